The predicted molar refractivity (Wildman–Crippen MR) is 155 cm³/mol. The number of hydrogen-bond donors (Lipinski definition) is 2. The number of ether oxygens (including phenoxy) is 3. The number of para-hydroxylation sites is 1. The van der Waals surface area contributed by atoms with E-state index < -0.39 is 23.8 Å². The number of nitrogens with one attached hydrogen (secondary N) is 2. The Morgan fingerprint density at radius 1 is 0.927 bits per heavy atom. The molecule has 2 amide bonds. The second-order valence-corrected chi connectivity index (χ2v) is 10.2. The van der Waals surface area contributed by atoms with Gasteiger partial charge in [-0.3, -0.25) is 9.36 Å². The zero-order valence-electron chi connectivity index (χ0n) is 23.5. The molecular formula is C31H34N4O6. The average Bonchev–Trinajstić information content (AvgIpc) is 2.94. The zero-order chi connectivity index (χ0) is 29.4. The van der Waals surface area contributed by atoms with Crippen LogP contribution in [0.25, 0.3) is 16.6 Å². The van der Waals surface area contributed by atoms with Gasteiger partial charge in [-0.2, -0.15) is 0 Å². The largest absolute Gasteiger partial charge is 0.494 e. The molecule has 1 unspecified atom stereocenters. The highest BCUT2D eigenvalue weighted by atomic mass is 16.6. The van der Waals surface area contributed by atoms with Crippen LogP contribution in [-0.2, 0) is 16.1 Å². The Hall–Kier alpha value is -4.86. The van der Waals surface area contributed by atoms with E-state index in [4.69, 9.17) is 19.2 Å². The van der Waals surface area contributed by atoms with Gasteiger partial charge in [0.2, 0.25) is 0 Å². The lowest BCUT2D eigenvalue weighted by atomic mass is 10.2. The first-order chi connectivity index (χ1) is 19.6. The summed E-state index contributed by atoms with van der Waals surface area (Å²) in [5.74, 6) is 0.843. The van der Waals surface area contributed by atoms with Gasteiger partial charge in [0.25, 0.3) is 5.56 Å². The molecule has 0 aliphatic carbocycles. The van der Waals surface area contributed by atoms with Crippen molar-refractivity contribution in [3.8, 4) is 11.4 Å². The minimum Gasteiger partial charge on any atom is -0.494 e. The van der Waals surface area contributed by atoms with Crippen LogP contribution in [0.1, 0.15) is 45.1 Å². The summed E-state index contributed by atoms with van der Waals surface area (Å²) in [4.78, 5) is 44.1. The number of hydrogen-bond acceptors (Lipinski definition) is 7. The number of nitrogens with zero attached hydrogens (tertiary/aromatic N) is 2. The molecule has 0 aliphatic heterocycles. The maximum Gasteiger partial charge on any atom is 0.408 e. The highest BCUT2D eigenvalue weighted by Crippen LogP contribution is 2.21. The van der Waals surface area contributed by atoms with Crippen molar-refractivity contribution in [2.75, 3.05) is 13.2 Å². The lowest BCUT2D eigenvalue weighted by Gasteiger charge is -2.24. The molecule has 0 saturated carbocycles. The Labute approximate surface area is 238 Å². The molecule has 0 bridgehead atoms. The van der Waals surface area contributed by atoms with Crippen molar-refractivity contribution < 1.29 is 23.8 Å². The van der Waals surface area contributed by atoms with Gasteiger partial charge in [-0.1, -0.05) is 42.5 Å². The van der Waals surface area contributed by atoms with Crippen LogP contribution in [0.15, 0.2) is 83.7 Å². The number of alkyl carbamates (subject to hydrolysis) is 2. The zero-order valence-corrected chi connectivity index (χ0v) is 23.5. The van der Waals surface area contributed by atoms with Gasteiger partial charge in [0, 0.05) is 6.54 Å². The minimum atomic E-state index is -0.963. The molecule has 0 fully saturated rings. The minimum absolute atomic E-state index is 0.0374. The molecule has 0 aliphatic rings. The van der Waals surface area contributed by atoms with Crippen LogP contribution in [0.4, 0.5) is 9.59 Å². The Bertz CT molecular complexity index is 1550. The van der Waals surface area contributed by atoms with E-state index in [0.717, 1.165) is 5.56 Å². The van der Waals surface area contributed by atoms with E-state index in [0.29, 0.717) is 28.9 Å². The fraction of sp³-hybridized carbons (Fsp3) is 0.290. The number of rotatable bonds is 9. The van der Waals surface area contributed by atoms with Crippen LogP contribution in [-0.4, -0.2) is 40.5 Å². The molecule has 4 rings (SSSR count). The lowest BCUT2D eigenvalue weighted by Crippen LogP contribution is -2.42. The summed E-state index contributed by atoms with van der Waals surface area (Å²) < 4.78 is 17.8. The Morgan fingerprint density at radius 3 is 2.29 bits per heavy atom. The van der Waals surface area contributed by atoms with Crippen molar-refractivity contribution in [3.05, 3.63) is 101 Å². The fourth-order valence-electron chi connectivity index (χ4n) is 4.10. The monoisotopic (exact) mass is 558 g/mol. The molecule has 2 N–H and O–H groups in total. The highest BCUT2D eigenvalue weighted by molar-refractivity contribution is 5.78. The van der Waals surface area contributed by atoms with Gasteiger partial charge in [0.05, 0.1) is 23.2 Å². The van der Waals surface area contributed by atoms with E-state index in [-0.39, 0.29) is 24.5 Å². The third-order valence-electron chi connectivity index (χ3n) is 5.87. The summed E-state index contributed by atoms with van der Waals surface area (Å²) in [5.41, 5.74) is 0.690. The van der Waals surface area contributed by atoms with Crippen molar-refractivity contribution in [1.29, 1.82) is 0 Å². The topological polar surface area (TPSA) is 121 Å². The molecule has 41 heavy (non-hydrogen) atoms. The quantitative estimate of drug-likeness (QED) is 0.287. The van der Waals surface area contributed by atoms with Gasteiger partial charge in [-0.25, -0.2) is 14.6 Å². The fourth-order valence-corrected chi connectivity index (χ4v) is 4.10. The van der Waals surface area contributed by atoms with E-state index in [2.05, 4.69) is 10.6 Å². The number of fused-ring (bicyclic) bond motifs is 1. The van der Waals surface area contributed by atoms with Crippen LogP contribution in [0.3, 0.4) is 0 Å². The van der Waals surface area contributed by atoms with Gasteiger partial charge in [0.15, 0.2) is 0 Å². The number of carbonyl (C=O) groups is 2. The van der Waals surface area contributed by atoms with Crippen molar-refractivity contribution in [2.45, 2.75) is 45.9 Å². The summed E-state index contributed by atoms with van der Waals surface area (Å²) in [7, 11) is 0. The molecule has 10 nitrogen and oxygen atoms in total. The third kappa shape index (κ3) is 7.84. The summed E-state index contributed by atoms with van der Waals surface area (Å²) >= 11 is 0. The maximum atomic E-state index is 13.8. The maximum absolute atomic E-state index is 13.8. The van der Waals surface area contributed by atoms with E-state index in [1.807, 2.05) is 37.3 Å². The van der Waals surface area contributed by atoms with Crippen LogP contribution in [0, 0.1) is 0 Å². The first-order valence-corrected chi connectivity index (χ1v) is 13.3. The van der Waals surface area contributed by atoms with Crippen LogP contribution in [0.5, 0.6) is 5.75 Å². The standard InChI is InChI=1S/C31H34N4O6/c1-5-39-23-17-15-22(16-18-23)35-27(33-25-14-10-9-13-24(25)28(35)36)26(19-32-29(37)41-31(2,3)4)34-30(38)40-20-21-11-7-6-8-12-21/h6-18,26H,5,19-20H2,1-4H3,(H,32,37)(H,34,38). The molecule has 1 heterocycles. The van der Waals surface area contributed by atoms with Crippen LogP contribution < -0.4 is 20.9 Å². The van der Waals surface area contributed by atoms with Gasteiger partial charge < -0.3 is 24.8 Å². The van der Waals surface area contributed by atoms with Gasteiger partial charge in [-0.05, 0) is 69.7 Å². The Balaban J connectivity index is 1.73. The summed E-state index contributed by atoms with van der Waals surface area (Å²) in [6, 6.07) is 22.2. The summed E-state index contributed by atoms with van der Waals surface area (Å²) in [6.07, 6.45) is -1.43. The van der Waals surface area contributed by atoms with E-state index >= 15 is 0 Å². The average molecular weight is 559 g/mol. The van der Waals surface area contributed by atoms with E-state index in [1.54, 1.807) is 69.3 Å². The summed E-state index contributed by atoms with van der Waals surface area (Å²) in [5, 5.41) is 5.86. The molecular weight excluding hydrogens is 524 g/mol. The molecule has 4 aromatic rings. The predicted octanol–water partition coefficient (Wildman–Crippen LogP) is 5.28. The van der Waals surface area contributed by atoms with Crippen LogP contribution >= 0.6 is 0 Å². The molecule has 1 atom stereocenters. The molecule has 0 saturated heterocycles. The molecule has 3 aromatic carbocycles. The molecule has 10 heteroatoms. The SMILES string of the molecule is CCOc1ccc(-n2c(C(CNC(=O)OC(C)(C)C)NC(=O)OCc3ccccc3)nc3ccccc3c2=O)cc1. The van der Waals surface area contributed by atoms with Crippen molar-refractivity contribution >= 4 is 23.1 Å². The van der Waals surface area contributed by atoms with Crippen molar-refractivity contribution in [1.82, 2.24) is 20.2 Å². The second kappa shape index (κ2) is 13.0. The number of benzene rings is 3. The first-order valence-electron chi connectivity index (χ1n) is 13.3. The van der Waals surface area contributed by atoms with Crippen molar-refractivity contribution in [3.63, 3.8) is 0 Å². The number of amides is 2. The Kier molecular flexibility index (Phi) is 9.23. The lowest BCUT2D eigenvalue weighted by molar-refractivity contribution is 0.0519. The first kappa shape index (κ1) is 29.1. The normalized spacial score (nSPS) is 11.9. The number of carbonyl (C=O) groups excluding carboxylic acids is 2. The van der Waals surface area contributed by atoms with Gasteiger partial charge in [-0.15, -0.1) is 0 Å². The van der Waals surface area contributed by atoms with Gasteiger partial charge >= 0.3 is 12.2 Å². The highest BCUT2D eigenvalue weighted by Gasteiger charge is 2.26. The van der Waals surface area contributed by atoms with Crippen molar-refractivity contribution in [2.24, 2.45) is 0 Å². The summed E-state index contributed by atoms with van der Waals surface area (Å²) in [6.45, 7) is 7.53. The van der Waals surface area contributed by atoms with E-state index in [9.17, 15) is 14.4 Å². The van der Waals surface area contributed by atoms with E-state index in [1.165, 1.54) is 4.57 Å². The second-order valence-electron chi connectivity index (χ2n) is 10.2. The number of aromatic nitrogens is 2. The third-order valence-corrected chi connectivity index (χ3v) is 5.87. The molecule has 0 radical (unpaired) electrons. The molecule has 1 aromatic heterocycles. The Morgan fingerprint density at radius 2 is 1.61 bits per heavy atom. The van der Waals surface area contributed by atoms with Crippen LogP contribution in [0.2, 0.25) is 0 Å². The molecule has 214 valence electrons. The van der Waals surface area contributed by atoms with Gasteiger partial charge in [0.1, 0.15) is 29.8 Å². The molecule has 0 spiro atoms. The smallest absolute Gasteiger partial charge is 0.408 e.